The third kappa shape index (κ3) is 2.19. The topological polar surface area (TPSA) is 66.3 Å². The largest absolute Gasteiger partial charge is 0.324 e. The lowest BCUT2D eigenvalue weighted by atomic mass is 10.2. The average Bonchev–Trinajstić information content (AvgIpc) is 3.00. The van der Waals surface area contributed by atoms with Crippen molar-refractivity contribution in [3.8, 4) is 0 Å². The lowest BCUT2D eigenvalue weighted by Gasteiger charge is -2.25. The Labute approximate surface area is 129 Å². The number of amidine groups is 1. The molecule has 104 valence electrons. The minimum absolute atomic E-state index is 0.567. The molecule has 4 rings (SSSR count). The van der Waals surface area contributed by atoms with Gasteiger partial charge in [0.05, 0.1) is 11.0 Å². The van der Waals surface area contributed by atoms with Crippen LogP contribution in [0.15, 0.2) is 40.2 Å². The van der Waals surface area contributed by atoms with E-state index < -0.39 is 0 Å². The van der Waals surface area contributed by atoms with Crippen molar-refractivity contribution >= 4 is 45.3 Å². The van der Waals surface area contributed by atoms with Crippen LogP contribution >= 0.6 is 15.9 Å². The summed E-state index contributed by atoms with van der Waals surface area (Å²) < 4.78 is 0.978. The van der Waals surface area contributed by atoms with Gasteiger partial charge in [-0.3, -0.25) is 9.98 Å². The summed E-state index contributed by atoms with van der Waals surface area (Å²) in [5.74, 6) is 2.40. The van der Waals surface area contributed by atoms with Gasteiger partial charge in [0.25, 0.3) is 0 Å². The highest BCUT2D eigenvalue weighted by Crippen LogP contribution is 2.33. The molecule has 2 aliphatic rings. The molecular formula is C14H11BrN6. The van der Waals surface area contributed by atoms with Crippen molar-refractivity contribution in [1.29, 1.82) is 0 Å². The van der Waals surface area contributed by atoms with E-state index in [4.69, 9.17) is 0 Å². The van der Waals surface area contributed by atoms with Gasteiger partial charge in [-0.1, -0.05) is 0 Å². The fourth-order valence-corrected chi connectivity index (χ4v) is 2.97. The zero-order valence-corrected chi connectivity index (χ0v) is 12.6. The summed E-state index contributed by atoms with van der Waals surface area (Å²) in [7, 11) is 0. The van der Waals surface area contributed by atoms with Gasteiger partial charge in [-0.15, -0.1) is 0 Å². The Hall–Kier alpha value is -2.28. The Morgan fingerprint density at radius 3 is 2.95 bits per heavy atom. The highest BCUT2D eigenvalue weighted by molar-refractivity contribution is 9.12. The standard InChI is InChI=1S/C14H11BrN6/c15-11-7-9-8-18-14(19-10-1-3-16-4-2-10)20-12(9)21-6-5-17-13(11)21/h1-4,7-8H,5-6H2,(H,16,18,19,20). The van der Waals surface area contributed by atoms with Gasteiger partial charge in [0.1, 0.15) is 11.7 Å². The number of pyridine rings is 1. The quantitative estimate of drug-likeness (QED) is 0.908. The fourth-order valence-electron chi connectivity index (χ4n) is 2.38. The van der Waals surface area contributed by atoms with E-state index in [0.29, 0.717) is 5.95 Å². The van der Waals surface area contributed by atoms with Gasteiger partial charge < -0.3 is 10.2 Å². The molecule has 4 heterocycles. The Morgan fingerprint density at radius 2 is 2.10 bits per heavy atom. The van der Waals surface area contributed by atoms with E-state index in [-0.39, 0.29) is 0 Å². The zero-order chi connectivity index (χ0) is 14.2. The van der Waals surface area contributed by atoms with E-state index >= 15 is 0 Å². The first-order chi connectivity index (χ1) is 10.3. The first-order valence-electron chi connectivity index (χ1n) is 6.55. The normalized spacial score (nSPS) is 16.0. The maximum absolute atomic E-state index is 4.62. The van der Waals surface area contributed by atoms with Crippen LogP contribution in [0.1, 0.15) is 5.56 Å². The molecule has 0 spiro atoms. The highest BCUT2D eigenvalue weighted by atomic mass is 79.9. The van der Waals surface area contributed by atoms with Crippen LogP contribution in [-0.2, 0) is 0 Å². The molecule has 1 N–H and O–H groups in total. The number of anilines is 3. The Balaban J connectivity index is 1.72. The molecule has 0 aromatic carbocycles. The molecule has 2 aliphatic heterocycles. The number of aromatic nitrogens is 3. The predicted octanol–water partition coefficient (Wildman–Crippen LogP) is 2.58. The number of hydrogen-bond acceptors (Lipinski definition) is 6. The average molecular weight is 343 g/mol. The van der Waals surface area contributed by atoms with Crippen LogP contribution < -0.4 is 10.2 Å². The maximum atomic E-state index is 4.62. The van der Waals surface area contributed by atoms with Crippen molar-refractivity contribution in [2.24, 2.45) is 4.99 Å². The molecule has 21 heavy (non-hydrogen) atoms. The lowest BCUT2D eigenvalue weighted by Crippen LogP contribution is -2.31. The van der Waals surface area contributed by atoms with Crippen molar-refractivity contribution in [2.45, 2.75) is 0 Å². The molecule has 0 amide bonds. The summed E-state index contributed by atoms with van der Waals surface area (Å²) in [4.78, 5) is 19.6. The Bertz CT molecular complexity index is 755. The van der Waals surface area contributed by atoms with Crippen LogP contribution in [0.4, 0.5) is 17.5 Å². The van der Waals surface area contributed by atoms with Crippen LogP contribution in [0, 0.1) is 0 Å². The third-order valence-electron chi connectivity index (χ3n) is 3.32. The fraction of sp³-hybridized carbons (Fsp3) is 0.143. The Kier molecular flexibility index (Phi) is 2.92. The van der Waals surface area contributed by atoms with Crippen molar-refractivity contribution in [3.63, 3.8) is 0 Å². The molecule has 6 nitrogen and oxygen atoms in total. The van der Waals surface area contributed by atoms with Crippen molar-refractivity contribution in [2.75, 3.05) is 23.3 Å². The molecule has 0 unspecified atom stereocenters. The lowest BCUT2D eigenvalue weighted by molar-refractivity contribution is 0.986. The first kappa shape index (κ1) is 12.5. The van der Waals surface area contributed by atoms with E-state index in [2.05, 4.69) is 46.1 Å². The van der Waals surface area contributed by atoms with Gasteiger partial charge in [-0.2, -0.15) is 4.98 Å². The second-order valence-corrected chi connectivity index (χ2v) is 5.54. The SMILES string of the molecule is BrC1=Cc2cnc(Nc3ccncc3)nc2N2CCN=C12. The van der Waals surface area contributed by atoms with Crippen LogP contribution in [0.25, 0.3) is 6.08 Å². The van der Waals surface area contributed by atoms with E-state index in [1.807, 2.05) is 24.4 Å². The summed E-state index contributed by atoms with van der Waals surface area (Å²) in [5.41, 5.74) is 1.90. The van der Waals surface area contributed by atoms with Gasteiger partial charge in [-0.25, -0.2) is 4.98 Å². The Morgan fingerprint density at radius 1 is 1.24 bits per heavy atom. The van der Waals surface area contributed by atoms with Crippen LogP contribution in [-0.4, -0.2) is 33.9 Å². The second kappa shape index (κ2) is 4.92. The van der Waals surface area contributed by atoms with Crippen LogP contribution in [0.5, 0.6) is 0 Å². The summed E-state index contributed by atoms with van der Waals surface area (Å²) in [6, 6.07) is 3.75. The summed E-state index contributed by atoms with van der Waals surface area (Å²) in [6.45, 7) is 1.63. The van der Waals surface area contributed by atoms with E-state index in [1.54, 1.807) is 12.4 Å². The summed E-state index contributed by atoms with van der Waals surface area (Å²) >= 11 is 3.55. The van der Waals surface area contributed by atoms with Crippen LogP contribution in [0.2, 0.25) is 0 Å². The molecule has 0 saturated carbocycles. The highest BCUT2D eigenvalue weighted by Gasteiger charge is 2.28. The van der Waals surface area contributed by atoms with Crippen molar-refractivity contribution in [3.05, 3.63) is 40.8 Å². The molecule has 2 aromatic rings. The van der Waals surface area contributed by atoms with Gasteiger partial charge >= 0.3 is 0 Å². The van der Waals surface area contributed by atoms with Gasteiger partial charge in [0, 0.05) is 36.4 Å². The maximum Gasteiger partial charge on any atom is 0.229 e. The number of rotatable bonds is 2. The molecule has 0 atom stereocenters. The second-order valence-electron chi connectivity index (χ2n) is 4.68. The van der Waals surface area contributed by atoms with E-state index in [0.717, 1.165) is 40.5 Å². The smallest absolute Gasteiger partial charge is 0.229 e. The van der Waals surface area contributed by atoms with Gasteiger partial charge in [0.2, 0.25) is 5.95 Å². The molecule has 7 heteroatoms. The molecule has 0 saturated heterocycles. The van der Waals surface area contributed by atoms with Crippen LogP contribution in [0.3, 0.4) is 0 Å². The number of nitrogens with zero attached hydrogens (tertiary/aromatic N) is 5. The molecule has 0 bridgehead atoms. The minimum atomic E-state index is 0.567. The van der Waals surface area contributed by atoms with Gasteiger partial charge in [0.15, 0.2) is 0 Å². The third-order valence-corrected chi connectivity index (χ3v) is 3.91. The van der Waals surface area contributed by atoms with Crippen molar-refractivity contribution < 1.29 is 0 Å². The molecule has 0 aliphatic carbocycles. The van der Waals surface area contributed by atoms with E-state index in [1.165, 1.54) is 0 Å². The van der Waals surface area contributed by atoms with Gasteiger partial charge in [-0.05, 0) is 34.1 Å². The number of fused-ring (bicyclic) bond motifs is 3. The number of hydrogen-bond donors (Lipinski definition) is 1. The molecule has 0 radical (unpaired) electrons. The number of halogens is 1. The molecular weight excluding hydrogens is 332 g/mol. The first-order valence-corrected chi connectivity index (χ1v) is 7.34. The minimum Gasteiger partial charge on any atom is -0.324 e. The van der Waals surface area contributed by atoms with E-state index in [9.17, 15) is 0 Å². The summed E-state index contributed by atoms with van der Waals surface area (Å²) in [6.07, 6.45) is 7.28. The number of nitrogens with one attached hydrogen (secondary N) is 1. The predicted molar refractivity (Wildman–Crippen MR) is 86.1 cm³/mol. The van der Waals surface area contributed by atoms with Crippen molar-refractivity contribution in [1.82, 2.24) is 15.0 Å². The molecule has 0 fully saturated rings. The number of aliphatic imine (C=N–C) groups is 1. The monoisotopic (exact) mass is 342 g/mol. The molecule has 2 aromatic heterocycles. The summed E-state index contributed by atoms with van der Waals surface area (Å²) in [5, 5.41) is 3.18. The zero-order valence-electron chi connectivity index (χ0n) is 11.0.